The van der Waals surface area contributed by atoms with E-state index in [9.17, 15) is 9.18 Å². The van der Waals surface area contributed by atoms with E-state index in [0.29, 0.717) is 12.6 Å². The molecule has 0 bridgehead atoms. The van der Waals surface area contributed by atoms with Crippen LogP contribution in [0.2, 0.25) is 0 Å². The molecule has 0 aliphatic carbocycles. The van der Waals surface area contributed by atoms with Crippen molar-refractivity contribution in [3.05, 3.63) is 57.0 Å². The summed E-state index contributed by atoms with van der Waals surface area (Å²) in [4.78, 5) is 14.6. The molecule has 0 saturated heterocycles. The lowest BCUT2D eigenvalue weighted by atomic mass is 10.0. The number of rotatable bonds is 3. The Morgan fingerprint density at radius 3 is 3.00 bits per heavy atom. The topological polar surface area (TPSA) is 40.5 Å². The summed E-state index contributed by atoms with van der Waals surface area (Å²) in [6.07, 6.45) is 1.02. The number of hydrogen-bond acceptors (Lipinski definition) is 3. The first kappa shape index (κ1) is 14.2. The van der Waals surface area contributed by atoms with E-state index in [1.807, 2.05) is 0 Å². The van der Waals surface area contributed by atoms with Crippen LogP contribution < -0.4 is 0 Å². The van der Waals surface area contributed by atoms with Crippen LogP contribution in [0.15, 0.2) is 29.6 Å². The van der Waals surface area contributed by atoms with Crippen LogP contribution in [-0.4, -0.2) is 22.5 Å². The summed E-state index contributed by atoms with van der Waals surface area (Å²) in [5.74, 6) is -1.89. The minimum absolute atomic E-state index is 0.273. The Labute approximate surface area is 126 Å². The van der Waals surface area contributed by atoms with Gasteiger partial charge in [0.05, 0.1) is 5.56 Å². The van der Waals surface area contributed by atoms with E-state index in [2.05, 4.69) is 23.3 Å². The first-order valence-corrected chi connectivity index (χ1v) is 7.76. The van der Waals surface area contributed by atoms with E-state index >= 15 is 0 Å². The first-order chi connectivity index (χ1) is 10.1. The number of aromatic carboxylic acids is 1. The second kappa shape index (κ2) is 5.58. The van der Waals surface area contributed by atoms with E-state index in [4.69, 9.17) is 5.11 Å². The normalized spacial score (nSPS) is 18.5. The van der Waals surface area contributed by atoms with E-state index in [1.54, 1.807) is 17.4 Å². The number of nitrogens with zero attached hydrogens (tertiary/aromatic N) is 1. The minimum atomic E-state index is -1.23. The van der Waals surface area contributed by atoms with Crippen LogP contribution in [0.4, 0.5) is 4.39 Å². The molecule has 0 amide bonds. The van der Waals surface area contributed by atoms with E-state index in [1.165, 1.54) is 22.6 Å². The summed E-state index contributed by atoms with van der Waals surface area (Å²) in [5, 5.41) is 11.0. The highest BCUT2D eigenvalue weighted by atomic mass is 32.1. The van der Waals surface area contributed by atoms with Gasteiger partial charge in [0.1, 0.15) is 5.82 Å². The molecule has 1 aromatic carbocycles. The van der Waals surface area contributed by atoms with Gasteiger partial charge in [-0.05, 0) is 48.1 Å². The standard InChI is InChI=1S/C16H16FNO2S/c1-10-12-5-7-21-15(12)4-6-18(10)9-11-2-3-13(16(19)20)14(17)8-11/h2-3,5,7-8,10H,4,6,9H2,1H3,(H,19,20). The van der Waals surface area contributed by atoms with Crippen LogP contribution in [0.25, 0.3) is 0 Å². The zero-order valence-electron chi connectivity index (χ0n) is 11.7. The fourth-order valence-corrected chi connectivity index (χ4v) is 3.81. The van der Waals surface area contributed by atoms with Crippen molar-refractivity contribution in [1.29, 1.82) is 0 Å². The lowest BCUT2D eigenvalue weighted by molar-refractivity contribution is 0.0692. The summed E-state index contributed by atoms with van der Waals surface area (Å²) in [6.45, 7) is 3.73. The van der Waals surface area contributed by atoms with Crippen LogP contribution in [0, 0.1) is 5.82 Å². The Balaban J connectivity index is 1.79. The second-order valence-corrected chi connectivity index (χ2v) is 6.32. The fourth-order valence-electron chi connectivity index (χ4n) is 2.84. The molecule has 1 N–H and O–H groups in total. The number of benzene rings is 1. The van der Waals surface area contributed by atoms with Gasteiger partial charge in [-0.2, -0.15) is 0 Å². The Morgan fingerprint density at radius 1 is 1.48 bits per heavy atom. The van der Waals surface area contributed by atoms with E-state index in [-0.39, 0.29) is 5.56 Å². The molecule has 3 nitrogen and oxygen atoms in total. The van der Waals surface area contributed by atoms with Crippen molar-refractivity contribution in [3.8, 4) is 0 Å². The summed E-state index contributed by atoms with van der Waals surface area (Å²) >= 11 is 1.79. The molecule has 1 atom stereocenters. The Hall–Kier alpha value is -1.72. The van der Waals surface area contributed by atoms with Crippen molar-refractivity contribution in [2.45, 2.75) is 25.9 Å². The number of fused-ring (bicyclic) bond motifs is 1. The zero-order chi connectivity index (χ0) is 15.0. The van der Waals surface area contributed by atoms with Gasteiger partial charge in [-0.15, -0.1) is 11.3 Å². The molecule has 5 heteroatoms. The summed E-state index contributed by atoms with van der Waals surface area (Å²) < 4.78 is 13.7. The third-order valence-electron chi connectivity index (χ3n) is 4.05. The van der Waals surface area contributed by atoms with Gasteiger partial charge in [0.2, 0.25) is 0 Å². The van der Waals surface area contributed by atoms with Crippen LogP contribution in [-0.2, 0) is 13.0 Å². The number of carboxylic acid groups (broad SMARTS) is 1. The molecule has 1 aliphatic heterocycles. The van der Waals surface area contributed by atoms with Crippen molar-refractivity contribution in [1.82, 2.24) is 4.90 Å². The third kappa shape index (κ3) is 2.71. The largest absolute Gasteiger partial charge is 0.478 e. The van der Waals surface area contributed by atoms with Crippen LogP contribution >= 0.6 is 11.3 Å². The van der Waals surface area contributed by atoms with Crippen molar-refractivity contribution >= 4 is 17.3 Å². The van der Waals surface area contributed by atoms with Gasteiger partial charge in [-0.3, -0.25) is 4.90 Å². The van der Waals surface area contributed by atoms with Gasteiger partial charge < -0.3 is 5.11 Å². The zero-order valence-corrected chi connectivity index (χ0v) is 12.5. The van der Waals surface area contributed by atoms with E-state index < -0.39 is 11.8 Å². The lowest BCUT2D eigenvalue weighted by Crippen LogP contribution is -2.32. The van der Waals surface area contributed by atoms with Gasteiger partial charge in [0.15, 0.2) is 0 Å². The highest BCUT2D eigenvalue weighted by Gasteiger charge is 2.24. The van der Waals surface area contributed by atoms with Gasteiger partial charge >= 0.3 is 5.97 Å². The number of carbonyl (C=O) groups is 1. The molecular weight excluding hydrogens is 289 g/mol. The van der Waals surface area contributed by atoms with Crippen molar-refractivity contribution in [3.63, 3.8) is 0 Å². The molecule has 0 saturated carbocycles. The van der Waals surface area contributed by atoms with Gasteiger partial charge in [-0.25, -0.2) is 9.18 Å². The minimum Gasteiger partial charge on any atom is -0.478 e. The van der Waals surface area contributed by atoms with Crippen molar-refractivity contribution in [2.24, 2.45) is 0 Å². The van der Waals surface area contributed by atoms with E-state index in [0.717, 1.165) is 18.5 Å². The number of halogens is 1. The molecule has 1 unspecified atom stereocenters. The monoisotopic (exact) mass is 305 g/mol. The smallest absolute Gasteiger partial charge is 0.338 e. The molecule has 0 radical (unpaired) electrons. The number of hydrogen-bond donors (Lipinski definition) is 1. The average Bonchev–Trinajstić information content (AvgIpc) is 2.91. The van der Waals surface area contributed by atoms with Crippen LogP contribution in [0.5, 0.6) is 0 Å². The highest BCUT2D eigenvalue weighted by Crippen LogP contribution is 2.33. The summed E-state index contributed by atoms with van der Waals surface area (Å²) in [5.41, 5.74) is 1.89. The molecule has 1 aromatic heterocycles. The summed E-state index contributed by atoms with van der Waals surface area (Å²) in [6, 6.07) is 6.84. The summed E-state index contributed by atoms with van der Waals surface area (Å²) in [7, 11) is 0. The molecule has 3 rings (SSSR count). The Morgan fingerprint density at radius 2 is 2.29 bits per heavy atom. The molecule has 0 fully saturated rings. The molecule has 110 valence electrons. The lowest BCUT2D eigenvalue weighted by Gasteiger charge is -2.33. The predicted octanol–water partition coefficient (Wildman–Crippen LogP) is 3.70. The average molecular weight is 305 g/mol. The Bertz CT molecular complexity index is 683. The first-order valence-electron chi connectivity index (χ1n) is 6.88. The van der Waals surface area contributed by atoms with Gasteiger partial charge in [0, 0.05) is 24.0 Å². The Kier molecular flexibility index (Phi) is 3.78. The number of carboxylic acids is 1. The molecule has 21 heavy (non-hydrogen) atoms. The maximum absolute atomic E-state index is 13.7. The van der Waals surface area contributed by atoms with Crippen LogP contribution in [0.3, 0.4) is 0 Å². The predicted molar refractivity (Wildman–Crippen MR) is 80.2 cm³/mol. The van der Waals surface area contributed by atoms with Crippen molar-refractivity contribution < 1.29 is 14.3 Å². The fraction of sp³-hybridized carbons (Fsp3) is 0.312. The third-order valence-corrected chi connectivity index (χ3v) is 5.05. The number of thiophene rings is 1. The molecule has 0 spiro atoms. The quantitative estimate of drug-likeness (QED) is 0.940. The van der Waals surface area contributed by atoms with Crippen molar-refractivity contribution in [2.75, 3.05) is 6.54 Å². The maximum atomic E-state index is 13.7. The molecule has 2 aromatic rings. The highest BCUT2D eigenvalue weighted by molar-refractivity contribution is 7.10. The van der Waals surface area contributed by atoms with Gasteiger partial charge in [-0.1, -0.05) is 6.07 Å². The second-order valence-electron chi connectivity index (χ2n) is 5.31. The van der Waals surface area contributed by atoms with Crippen LogP contribution in [0.1, 0.15) is 39.3 Å². The van der Waals surface area contributed by atoms with Gasteiger partial charge in [0.25, 0.3) is 0 Å². The molecule has 1 aliphatic rings. The maximum Gasteiger partial charge on any atom is 0.338 e. The molecule has 2 heterocycles. The SMILES string of the molecule is CC1c2ccsc2CCN1Cc1ccc(C(=O)O)c(F)c1. The molecular formula is C16H16FNO2S.